The van der Waals surface area contributed by atoms with E-state index in [-0.39, 0.29) is 35.5 Å². The molecule has 4 rings (SSSR count). The molecule has 2 amide bonds. The molecule has 2 aliphatic rings. The third-order valence-electron chi connectivity index (χ3n) is 6.22. The number of carbonyl (C=O) groups excluding carboxylic acids is 2. The number of benzene rings is 2. The third-order valence-corrected chi connectivity index (χ3v) is 6.22. The van der Waals surface area contributed by atoms with Crippen molar-refractivity contribution in [1.29, 1.82) is 0 Å². The Labute approximate surface area is 174 Å². The Morgan fingerprint density at radius 3 is 2.73 bits per heavy atom. The van der Waals surface area contributed by atoms with Crippen molar-refractivity contribution in [3.05, 3.63) is 59.4 Å². The first-order valence-electron chi connectivity index (χ1n) is 10.1. The molecule has 2 aliphatic heterocycles. The number of carbonyl (C=O) groups is 2. The number of hydrogen-bond donors (Lipinski definition) is 1. The van der Waals surface area contributed by atoms with Crippen LogP contribution in [0.4, 0.5) is 4.39 Å². The van der Waals surface area contributed by atoms with Gasteiger partial charge in [0.2, 0.25) is 5.91 Å². The van der Waals surface area contributed by atoms with E-state index < -0.39 is 5.41 Å². The van der Waals surface area contributed by atoms with Gasteiger partial charge < -0.3 is 19.6 Å². The average Bonchev–Trinajstić information content (AvgIpc) is 3.17. The second-order valence-corrected chi connectivity index (χ2v) is 8.06. The molecule has 2 saturated heterocycles. The monoisotopic (exact) mass is 412 g/mol. The summed E-state index contributed by atoms with van der Waals surface area (Å²) in [6.45, 7) is 1.58. The van der Waals surface area contributed by atoms with E-state index >= 15 is 0 Å². The van der Waals surface area contributed by atoms with Gasteiger partial charge in [0.25, 0.3) is 5.91 Å². The smallest absolute Gasteiger partial charge is 0.257 e. The van der Waals surface area contributed by atoms with Gasteiger partial charge in [-0.3, -0.25) is 9.59 Å². The molecule has 30 heavy (non-hydrogen) atoms. The van der Waals surface area contributed by atoms with Crippen molar-refractivity contribution >= 4 is 11.8 Å². The summed E-state index contributed by atoms with van der Waals surface area (Å²) in [6, 6.07) is 11.1. The highest BCUT2D eigenvalue weighted by Gasteiger charge is 2.49. The van der Waals surface area contributed by atoms with Gasteiger partial charge in [-0.1, -0.05) is 18.2 Å². The molecule has 1 atom stereocenters. The highest BCUT2D eigenvalue weighted by molar-refractivity contribution is 5.98. The number of amides is 2. The van der Waals surface area contributed by atoms with Crippen molar-refractivity contribution in [2.75, 3.05) is 26.7 Å². The van der Waals surface area contributed by atoms with Crippen LogP contribution in [0, 0.1) is 11.2 Å². The van der Waals surface area contributed by atoms with Crippen LogP contribution in [-0.2, 0) is 11.3 Å². The van der Waals surface area contributed by atoms with Crippen molar-refractivity contribution in [2.45, 2.75) is 25.8 Å². The van der Waals surface area contributed by atoms with Crippen LogP contribution in [0.5, 0.6) is 11.5 Å². The SMILES string of the molecule is COc1ccc(C(=O)N2CCC3(CCCN(Cc4ccccc4F)C3=O)C2)c(O)c1. The number of nitrogens with zero attached hydrogens (tertiary/aromatic N) is 2. The third kappa shape index (κ3) is 3.60. The molecule has 7 heteroatoms. The summed E-state index contributed by atoms with van der Waals surface area (Å²) in [5, 5.41) is 10.2. The number of halogens is 1. The molecule has 6 nitrogen and oxygen atoms in total. The fourth-order valence-corrected chi connectivity index (χ4v) is 4.55. The van der Waals surface area contributed by atoms with E-state index in [0.717, 1.165) is 6.42 Å². The van der Waals surface area contributed by atoms with Crippen LogP contribution in [0.15, 0.2) is 42.5 Å². The van der Waals surface area contributed by atoms with Gasteiger partial charge in [0, 0.05) is 37.8 Å². The Bertz CT molecular complexity index is 979. The minimum Gasteiger partial charge on any atom is -0.507 e. The van der Waals surface area contributed by atoms with Crippen LogP contribution in [-0.4, -0.2) is 53.5 Å². The van der Waals surface area contributed by atoms with Gasteiger partial charge in [-0.15, -0.1) is 0 Å². The summed E-state index contributed by atoms with van der Waals surface area (Å²) in [7, 11) is 1.49. The summed E-state index contributed by atoms with van der Waals surface area (Å²) >= 11 is 0. The molecule has 2 aromatic carbocycles. The van der Waals surface area contributed by atoms with E-state index in [1.807, 2.05) is 0 Å². The molecule has 1 N–H and O–H groups in total. The number of phenolic OH excluding ortho intramolecular Hbond substituents is 1. The van der Waals surface area contributed by atoms with Crippen molar-refractivity contribution in [3.63, 3.8) is 0 Å². The van der Waals surface area contributed by atoms with Crippen LogP contribution >= 0.6 is 0 Å². The molecule has 2 aromatic rings. The molecule has 0 saturated carbocycles. The van der Waals surface area contributed by atoms with E-state index in [2.05, 4.69) is 0 Å². The zero-order valence-electron chi connectivity index (χ0n) is 16.9. The highest BCUT2D eigenvalue weighted by atomic mass is 19.1. The van der Waals surface area contributed by atoms with Crippen LogP contribution in [0.2, 0.25) is 0 Å². The zero-order chi connectivity index (χ0) is 21.3. The maximum atomic E-state index is 14.1. The maximum Gasteiger partial charge on any atom is 0.257 e. The summed E-state index contributed by atoms with van der Waals surface area (Å²) < 4.78 is 19.1. The molecular weight excluding hydrogens is 387 g/mol. The van der Waals surface area contributed by atoms with E-state index in [4.69, 9.17) is 4.74 Å². The first-order chi connectivity index (χ1) is 14.4. The second-order valence-electron chi connectivity index (χ2n) is 8.06. The molecule has 0 aromatic heterocycles. The van der Waals surface area contributed by atoms with Gasteiger partial charge in [-0.2, -0.15) is 0 Å². The highest BCUT2D eigenvalue weighted by Crippen LogP contribution is 2.41. The van der Waals surface area contributed by atoms with Gasteiger partial charge >= 0.3 is 0 Å². The summed E-state index contributed by atoms with van der Waals surface area (Å²) in [5.41, 5.74) is 0.0534. The number of hydrogen-bond acceptors (Lipinski definition) is 4. The van der Waals surface area contributed by atoms with E-state index in [0.29, 0.717) is 43.8 Å². The standard InChI is InChI=1S/C23H25FN2O4/c1-30-17-7-8-18(20(27)13-17)21(28)26-12-10-23(15-26)9-4-11-25(22(23)29)14-16-5-2-3-6-19(16)24/h2-3,5-8,13,27H,4,9-12,14-15H2,1H3. The largest absolute Gasteiger partial charge is 0.507 e. The number of methoxy groups -OCH3 is 1. The lowest BCUT2D eigenvalue weighted by molar-refractivity contribution is -0.146. The van der Waals surface area contributed by atoms with Crippen molar-refractivity contribution in [3.8, 4) is 11.5 Å². The second kappa shape index (κ2) is 7.97. The minimum atomic E-state index is -0.638. The molecule has 1 unspecified atom stereocenters. The van der Waals surface area contributed by atoms with Gasteiger partial charge in [0.15, 0.2) is 0 Å². The molecular formula is C23H25FN2O4. The van der Waals surface area contributed by atoms with Gasteiger partial charge in [0.05, 0.1) is 18.1 Å². The fourth-order valence-electron chi connectivity index (χ4n) is 4.55. The number of ether oxygens (including phenoxy) is 1. The van der Waals surface area contributed by atoms with Crippen LogP contribution in [0.1, 0.15) is 35.2 Å². The Hall–Kier alpha value is -3.09. The Morgan fingerprint density at radius 1 is 1.20 bits per heavy atom. The first kappa shape index (κ1) is 20.2. The predicted octanol–water partition coefficient (Wildman–Crippen LogP) is 3.19. The van der Waals surface area contributed by atoms with Crippen molar-refractivity contribution in [1.82, 2.24) is 9.80 Å². The topological polar surface area (TPSA) is 70.1 Å². The quantitative estimate of drug-likeness (QED) is 0.837. The minimum absolute atomic E-state index is 0.0220. The molecule has 2 fully saturated rings. The number of aromatic hydroxyl groups is 1. The molecule has 1 spiro atoms. The Balaban J connectivity index is 1.50. The summed E-state index contributed by atoms with van der Waals surface area (Å²) in [4.78, 5) is 29.6. The molecule has 0 aliphatic carbocycles. The molecule has 158 valence electrons. The van der Waals surface area contributed by atoms with Gasteiger partial charge in [-0.25, -0.2) is 4.39 Å². The Kier molecular flexibility index (Phi) is 5.37. The number of likely N-dealkylation sites (tertiary alicyclic amines) is 2. The van der Waals surface area contributed by atoms with Gasteiger partial charge in [0.1, 0.15) is 17.3 Å². The Morgan fingerprint density at radius 2 is 2.00 bits per heavy atom. The number of phenols is 1. The zero-order valence-corrected chi connectivity index (χ0v) is 16.9. The van der Waals surface area contributed by atoms with E-state index in [1.165, 1.54) is 25.3 Å². The van der Waals surface area contributed by atoms with Crippen LogP contribution < -0.4 is 4.74 Å². The lowest BCUT2D eigenvalue weighted by Gasteiger charge is -2.39. The van der Waals surface area contributed by atoms with Crippen molar-refractivity contribution < 1.29 is 23.8 Å². The lowest BCUT2D eigenvalue weighted by Crippen LogP contribution is -2.50. The normalized spacial score (nSPS) is 21.3. The summed E-state index contributed by atoms with van der Waals surface area (Å²) in [5.74, 6) is -0.315. The predicted molar refractivity (Wildman–Crippen MR) is 109 cm³/mol. The lowest BCUT2D eigenvalue weighted by atomic mass is 9.78. The van der Waals surface area contributed by atoms with Gasteiger partial charge in [-0.05, 0) is 37.5 Å². The molecule has 0 bridgehead atoms. The van der Waals surface area contributed by atoms with Crippen LogP contribution in [0.25, 0.3) is 0 Å². The van der Waals surface area contributed by atoms with Crippen LogP contribution in [0.3, 0.4) is 0 Å². The fraction of sp³-hybridized carbons (Fsp3) is 0.391. The van der Waals surface area contributed by atoms with Crippen molar-refractivity contribution in [2.24, 2.45) is 5.41 Å². The van der Waals surface area contributed by atoms with E-state index in [1.54, 1.807) is 34.1 Å². The van der Waals surface area contributed by atoms with E-state index in [9.17, 15) is 19.1 Å². The number of rotatable bonds is 4. The summed E-state index contributed by atoms with van der Waals surface area (Å²) in [6.07, 6.45) is 2.09. The maximum absolute atomic E-state index is 14.1. The number of piperidine rings is 1. The molecule has 2 heterocycles. The first-order valence-corrected chi connectivity index (χ1v) is 10.1. The molecule has 0 radical (unpaired) electrons. The average molecular weight is 412 g/mol.